The SMILES string of the molecule is COC(=O)c1cccc(C(=O)N2CCCC(C(=O)NC3CC3)C2)n1. The average Bonchev–Trinajstić information content (AvgIpc) is 3.44. The number of aromatic nitrogens is 1. The summed E-state index contributed by atoms with van der Waals surface area (Å²) >= 11 is 0. The number of piperidine rings is 1. The second-order valence-corrected chi connectivity index (χ2v) is 6.27. The first-order chi connectivity index (χ1) is 11.6. The second-order valence-electron chi connectivity index (χ2n) is 6.27. The van der Waals surface area contributed by atoms with Crippen LogP contribution >= 0.6 is 0 Å². The molecular weight excluding hydrogens is 310 g/mol. The highest BCUT2D eigenvalue weighted by molar-refractivity contribution is 5.95. The Labute approximate surface area is 140 Å². The zero-order valence-electron chi connectivity index (χ0n) is 13.7. The molecule has 3 rings (SSSR count). The van der Waals surface area contributed by atoms with Crippen LogP contribution in [0.1, 0.15) is 46.7 Å². The molecule has 1 aliphatic carbocycles. The minimum absolute atomic E-state index is 0.0336. The Morgan fingerprint density at radius 1 is 1.21 bits per heavy atom. The lowest BCUT2D eigenvalue weighted by Crippen LogP contribution is -2.46. The van der Waals surface area contributed by atoms with Gasteiger partial charge in [-0.3, -0.25) is 9.59 Å². The first-order valence-corrected chi connectivity index (χ1v) is 8.23. The quantitative estimate of drug-likeness (QED) is 0.832. The van der Waals surface area contributed by atoms with E-state index in [0.717, 1.165) is 25.7 Å². The molecule has 1 saturated heterocycles. The van der Waals surface area contributed by atoms with Gasteiger partial charge in [-0.05, 0) is 37.8 Å². The van der Waals surface area contributed by atoms with E-state index in [4.69, 9.17) is 0 Å². The zero-order chi connectivity index (χ0) is 17.1. The lowest BCUT2D eigenvalue weighted by Gasteiger charge is -2.31. The van der Waals surface area contributed by atoms with E-state index in [1.807, 2.05) is 0 Å². The number of hydrogen-bond donors (Lipinski definition) is 1. The van der Waals surface area contributed by atoms with Crippen LogP contribution in [0.2, 0.25) is 0 Å². The number of nitrogens with zero attached hydrogens (tertiary/aromatic N) is 2. The summed E-state index contributed by atoms with van der Waals surface area (Å²) in [6, 6.07) is 5.00. The number of carbonyl (C=O) groups is 3. The van der Waals surface area contributed by atoms with Gasteiger partial charge in [0.1, 0.15) is 11.4 Å². The van der Waals surface area contributed by atoms with Gasteiger partial charge in [-0.1, -0.05) is 6.07 Å². The van der Waals surface area contributed by atoms with E-state index in [0.29, 0.717) is 19.1 Å². The summed E-state index contributed by atoms with van der Waals surface area (Å²) in [4.78, 5) is 42.1. The van der Waals surface area contributed by atoms with Crippen molar-refractivity contribution in [2.45, 2.75) is 31.7 Å². The maximum Gasteiger partial charge on any atom is 0.356 e. The van der Waals surface area contributed by atoms with Crippen molar-refractivity contribution >= 4 is 17.8 Å². The van der Waals surface area contributed by atoms with E-state index in [2.05, 4.69) is 15.0 Å². The van der Waals surface area contributed by atoms with Crippen molar-refractivity contribution in [2.24, 2.45) is 5.92 Å². The van der Waals surface area contributed by atoms with Crippen LogP contribution in [0.25, 0.3) is 0 Å². The van der Waals surface area contributed by atoms with Gasteiger partial charge in [-0.15, -0.1) is 0 Å². The topological polar surface area (TPSA) is 88.6 Å². The van der Waals surface area contributed by atoms with Gasteiger partial charge >= 0.3 is 5.97 Å². The molecule has 0 radical (unpaired) electrons. The summed E-state index contributed by atoms with van der Waals surface area (Å²) in [5.74, 6) is -0.979. The Morgan fingerprint density at radius 2 is 1.96 bits per heavy atom. The van der Waals surface area contributed by atoms with Gasteiger partial charge in [0, 0.05) is 19.1 Å². The monoisotopic (exact) mass is 331 g/mol. The van der Waals surface area contributed by atoms with E-state index < -0.39 is 5.97 Å². The van der Waals surface area contributed by atoms with Crippen LogP contribution < -0.4 is 5.32 Å². The van der Waals surface area contributed by atoms with Gasteiger partial charge in [-0.2, -0.15) is 0 Å². The number of esters is 1. The third kappa shape index (κ3) is 3.72. The fourth-order valence-electron chi connectivity index (χ4n) is 2.86. The number of rotatable bonds is 4. The molecule has 7 heteroatoms. The van der Waals surface area contributed by atoms with Gasteiger partial charge in [0.15, 0.2) is 0 Å². The fraction of sp³-hybridized carbons (Fsp3) is 0.529. The number of pyridine rings is 1. The molecule has 1 atom stereocenters. The number of ether oxygens (including phenoxy) is 1. The van der Waals surface area contributed by atoms with Gasteiger partial charge in [0.25, 0.3) is 5.91 Å². The highest BCUT2D eigenvalue weighted by Crippen LogP contribution is 2.23. The highest BCUT2D eigenvalue weighted by Gasteiger charge is 2.32. The molecule has 2 heterocycles. The predicted octanol–water partition coefficient (Wildman–Crippen LogP) is 0.999. The minimum Gasteiger partial charge on any atom is -0.464 e. The summed E-state index contributed by atoms with van der Waals surface area (Å²) in [6.07, 6.45) is 3.67. The van der Waals surface area contributed by atoms with E-state index in [9.17, 15) is 14.4 Å². The molecule has 1 unspecified atom stereocenters. The van der Waals surface area contributed by atoms with Gasteiger partial charge in [-0.25, -0.2) is 9.78 Å². The minimum atomic E-state index is -0.579. The highest BCUT2D eigenvalue weighted by atomic mass is 16.5. The third-order valence-electron chi connectivity index (χ3n) is 4.37. The Bertz CT molecular complexity index is 657. The molecule has 2 fully saturated rings. The van der Waals surface area contributed by atoms with Crippen LogP contribution in [0.5, 0.6) is 0 Å². The molecule has 0 aromatic carbocycles. The lowest BCUT2D eigenvalue weighted by atomic mass is 9.96. The van der Waals surface area contributed by atoms with E-state index in [-0.39, 0.29) is 29.1 Å². The number of carbonyl (C=O) groups excluding carboxylic acids is 3. The number of nitrogens with one attached hydrogen (secondary N) is 1. The van der Waals surface area contributed by atoms with E-state index in [1.165, 1.54) is 13.2 Å². The largest absolute Gasteiger partial charge is 0.464 e. The maximum absolute atomic E-state index is 12.6. The van der Waals surface area contributed by atoms with Crippen LogP contribution in [-0.2, 0) is 9.53 Å². The Hall–Kier alpha value is -2.44. The number of hydrogen-bond acceptors (Lipinski definition) is 5. The third-order valence-corrected chi connectivity index (χ3v) is 4.37. The van der Waals surface area contributed by atoms with Crippen LogP contribution in [0.15, 0.2) is 18.2 Å². The first-order valence-electron chi connectivity index (χ1n) is 8.23. The van der Waals surface area contributed by atoms with Crippen LogP contribution in [-0.4, -0.2) is 53.9 Å². The molecule has 1 aromatic rings. The average molecular weight is 331 g/mol. The molecule has 0 spiro atoms. The van der Waals surface area contributed by atoms with Crippen molar-refractivity contribution in [2.75, 3.05) is 20.2 Å². The molecule has 0 bridgehead atoms. The van der Waals surface area contributed by atoms with Gasteiger partial charge < -0.3 is 15.0 Å². The molecular formula is C17H21N3O4. The molecule has 2 amide bonds. The zero-order valence-corrected chi connectivity index (χ0v) is 13.7. The summed E-state index contributed by atoms with van der Waals surface area (Å²) in [7, 11) is 1.27. The van der Waals surface area contributed by atoms with Gasteiger partial charge in [0.2, 0.25) is 5.91 Å². The predicted molar refractivity (Wildman–Crippen MR) is 85.4 cm³/mol. The molecule has 2 aliphatic rings. The molecule has 24 heavy (non-hydrogen) atoms. The Morgan fingerprint density at radius 3 is 2.67 bits per heavy atom. The number of amides is 2. The van der Waals surface area contributed by atoms with Crippen molar-refractivity contribution < 1.29 is 19.1 Å². The molecule has 1 aliphatic heterocycles. The van der Waals surface area contributed by atoms with Gasteiger partial charge in [0.05, 0.1) is 13.0 Å². The Kier molecular flexibility index (Phi) is 4.78. The summed E-state index contributed by atoms with van der Waals surface area (Å²) in [6.45, 7) is 0.984. The maximum atomic E-state index is 12.6. The lowest BCUT2D eigenvalue weighted by molar-refractivity contribution is -0.126. The van der Waals surface area contributed by atoms with Crippen molar-refractivity contribution in [3.8, 4) is 0 Å². The van der Waals surface area contributed by atoms with Crippen molar-refractivity contribution in [3.63, 3.8) is 0 Å². The summed E-state index contributed by atoms with van der Waals surface area (Å²) in [5, 5.41) is 3.00. The van der Waals surface area contributed by atoms with Crippen LogP contribution in [0, 0.1) is 5.92 Å². The summed E-state index contributed by atoms with van der Waals surface area (Å²) < 4.78 is 4.63. The second kappa shape index (κ2) is 6.98. The standard InChI is InChI=1S/C17H21N3O4/c1-24-17(23)14-6-2-5-13(19-14)16(22)20-9-3-4-11(10-20)15(21)18-12-7-8-12/h2,5-6,11-12H,3-4,7-10H2,1H3,(H,18,21). The normalized spacial score (nSPS) is 20.4. The smallest absolute Gasteiger partial charge is 0.356 e. The van der Waals surface area contributed by atoms with Crippen molar-refractivity contribution in [3.05, 3.63) is 29.6 Å². The molecule has 1 aromatic heterocycles. The fourth-order valence-corrected chi connectivity index (χ4v) is 2.86. The van der Waals surface area contributed by atoms with Crippen molar-refractivity contribution in [1.82, 2.24) is 15.2 Å². The number of likely N-dealkylation sites (tertiary alicyclic amines) is 1. The first kappa shape index (κ1) is 16.4. The molecule has 1 saturated carbocycles. The summed E-state index contributed by atoms with van der Waals surface area (Å²) in [5.41, 5.74) is 0.296. The molecule has 128 valence electrons. The Balaban J connectivity index is 1.67. The van der Waals surface area contributed by atoms with Crippen LogP contribution in [0.4, 0.5) is 0 Å². The van der Waals surface area contributed by atoms with Crippen LogP contribution in [0.3, 0.4) is 0 Å². The molecule has 1 N–H and O–H groups in total. The van der Waals surface area contributed by atoms with E-state index >= 15 is 0 Å². The van der Waals surface area contributed by atoms with E-state index in [1.54, 1.807) is 17.0 Å². The molecule has 7 nitrogen and oxygen atoms in total. The number of methoxy groups -OCH3 is 1. The van der Waals surface area contributed by atoms with Crippen molar-refractivity contribution in [1.29, 1.82) is 0 Å².